The molecular weight excluding hydrogens is 335 g/mol. The molecule has 1 aliphatic heterocycles. The van der Waals surface area contributed by atoms with E-state index in [1.54, 1.807) is 11.9 Å². The number of carbonyl (C=O) groups is 2. The molecule has 26 heavy (non-hydrogen) atoms. The molecule has 0 spiro atoms. The van der Waals surface area contributed by atoms with Crippen molar-refractivity contribution in [2.45, 2.75) is 44.6 Å². The molecule has 0 bridgehead atoms. The van der Waals surface area contributed by atoms with Gasteiger partial charge in [0.05, 0.1) is 12.2 Å². The number of aliphatic hydroxyl groups excluding tert-OH is 1. The fraction of sp³-hybridized carbons (Fsp3) is 0.500. The third kappa shape index (κ3) is 3.51. The molecule has 0 radical (unpaired) electrons. The first kappa shape index (κ1) is 18.6. The van der Waals surface area contributed by atoms with Gasteiger partial charge in [0.1, 0.15) is 11.5 Å². The van der Waals surface area contributed by atoms with Crippen LogP contribution in [0.25, 0.3) is 5.57 Å². The molecule has 0 saturated heterocycles. The van der Waals surface area contributed by atoms with Crippen LogP contribution in [-0.4, -0.2) is 53.0 Å². The number of halogens is 1. The number of hydrogen-bond acceptors (Lipinski definition) is 4. The number of rotatable bonds is 5. The number of amides is 2. The average Bonchev–Trinajstić information content (AvgIpc) is 2.79. The number of imide groups is 1. The third-order valence-electron chi connectivity index (χ3n) is 5.23. The maximum Gasteiger partial charge on any atom is 0.278 e. The zero-order chi connectivity index (χ0) is 18.7. The van der Waals surface area contributed by atoms with Gasteiger partial charge in [0, 0.05) is 19.6 Å². The van der Waals surface area contributed by atoms with Gasteiger partial charge < -0.3 is 10.0 Å². The first-order valence-corrected chi connectivity index (χ1v) is 9.24. The molecule has 1 aliphatic carbocycles. The van der Waals surface area contributed by atoms with Crippen molar-refractivity contribution in [1.82, 2.24) is 9.80 Å². The summed E-state index contributed by atoms with van der Waals surface area (Å²) in [6.07, 6.45) is 5.92. The van der Waals surface area contributed by atoms with Crippen molar-refractivity contribution < 1.29 is 19.1 Å². The smallest absolute Gasteiger partial charge is 0.278 e. The summed E-state index contributed by atoms with van der Waals surface area (Å²) >= 11 is 0. The zero-order valence-electron chi connectivity index (χ0n) is 15.1. The molecule has 1 N–H and O–H groups in total. The van der Waals surface area contributed by atoms with Gasteiger partial charge >= 0.3 is 0 Å². The Kier molecular flexibility index (Phi) is 5.71. The fourth-order valence-corrected chi connectivity index (χ4v) is 3.88. The van der Waals surface area contributed by atoms with Crippen LogP contribution in [0, 0.1) is 5.82 Å². The predicted octanol–water partition coefficient (Wildman–Crippen LogP) is 2.55. The Morgan fingerprint density at radius 3 is 2.27 bits per heavy atom. The summed E-state index contributed by atoms with van der Waals surface area (Å²) in [6.45, 7) is 0.124. The van der Waals surface area contributed by atoms with Crippen LogP contribution in [0.3, 0.4) is 0 Å². The quantitative estimate of drug-likeness (QED) is 0.648. The van der Waals surface area contributed by atoms with Crippen molar-refractivity contribution in [1.29, 1.82) is 0 Å². The molecule has 1 aromatic rings. The lowest BCUT2D eigenvalue weighted by molar-refractivity contribution is -0.140. The second-order valence-electron chi connectivity index (χ2n) is 7.00. The molecule has 1 saturated carbocycles. The lowest BCUT2D eigenvalue weighted by Crippen LogP contribution is -2.42. The van der Waals surface area contributed by atoms with Crippen molar-refractivity contribution in [3.8, 4) is 0 Å². The molecule has 1 fully saturated rings. The molecule has 140 valence electrons. The predicted molar refractivity (Wildman–Crippen MR) is 96.4 cm³/mol. The third-order valence-corrected chi connectivity index (χ3v) is 5.23. The molecule has 5 nitrogen and oxygen atoms in total. The number of likely N-dealkylation sites (N-methyl/N-ethyl adjacent to an activating group) is 1. The van der Waals surface area contributed by atoms with Crippen LogP contribution in [0.4, 0.5) is 4.39 Å². The molecule has 1 heterocycles. The number of benzene rings is 1. The highest BCUT2D eigenvalue weighted by Gasteiger charge is 2.43. The summed E-state index contributed by atoms with van der Waals surface area (Å²) in [6, 6.07) is 5.54. The van der Waals surface area contributed by atoms with E-state index in [1.165, 1.54) is 29.2 Å². The first-order valence-electron chi connectivity index (χ1n) is 9.24. The van der Waals surface area contributed by atoms with Crippen LogP contribution in [-0.2, 0) is 9.59 Å². The second kappa shape index (κ2) is 7.99. The largest absolute Gasteiger partial charge is 0.395 e. The maximum atomic E-state index is 13.3. The van der Waals surface area contributed by atoms with E-state index in [9.17, 15) is 19.1 Å². The van der Waals surface area contributed by atoms with Crippen LogP contribution >= 0.6 is 0 Å². The van der Waals surface area contributed by atoms with Crippen LogP contribution in [0.2, 0.25) is 0 Å². The molecule has 1 aromatic carbocycles. The summed E-state index contributed by atoms with van der Waals surface area (Å²) in [5.74, 6) is -1.01. The minimum absolute atomic E-state index is 0.0898. The Labute approximate surface area is 153 Å². The van der Waals surface area contributed by atoms with E-state index in [2.05, 4.69) is 0 Å². The minimum Gasteiger partial charge on any atom is -0.395 e. The molecular formula is C20H25FN2O3. The van der Waals surface area contributed by atoms with Gasteiger partial charge in [-0.2, -0.15) is 0 Å². The summed E-state index contributed by atoms with van der Waals surface area (Å²) in [5, 5.41) is 9.27. The standard InChI is InChI=1S/C20H25FN2O3/c1-22(12-13-24)18-17(14-8-10-15(21)11-9-14)19(25)23(20(18)26)16-6-4-2-3-5-7-16/h8-11,16,24H,2-7,12-13H2,1H3. The molecule has 0 unspecified atom stereocenters. The van der Waals surface area contributed by atoms with Crippen LogP contribution in [0.1, 0.15) is 44.1 Å². The molecule has 3 rings (SSSR count). The van der Waals surface area contributed by atoms with Crippen molar-refractivity contribution in [3.05, 3.63) is 41.3 Å². The van der Waals surface area contributed by atoms with Crippen molar-refractivity contribution in [3.63, 3.8) is 0 Å². The van der Waals surface area contributed by atoms with Crippen molar-refractivity contribution in [2.24, 2.45) is 0 Å². The minimum atomic E-state index is -0.392. The van der Waals surface area contributed by atoms with E-state index < -0.39 is 5.82 Å². The Balaban J connectivity index is 2.01. The number of nitrogens with zero attached hydrogens (tertiary/aromatic N) is 2. The Morgan fingerprint density at radius 1 is 1.08 bits per heavy atom. The Hall–Kier alpha value is -2.21. The van der Waals surface area contributed by atoms with Crippen LogP contribution in [0.15, 0.2) is 30.0 Å². The van der Waals surface area contributed by atoms with E-state index in [0.29, 0.717) is 16.8 Å². The van der Waals surface area contributed by atoms with E-state index in [0.717, 1.165) is 38.5 Å². The first-order chi connectivity index (χ1) is 12.5. The maximum absolute atomic E-state index is 13.3. The topological polar surface area (TPSA) is 60.9 Å². The Bertz CT molecular complexity index is 706. The highest BCUT2D eigenvalue weighted by atomic mass is 19.1. The zero-order valence-corrected chi connectivity index (χ0v) is 15.1. The van der Waals surface area contributed by atoms with E-state index in [4.69, 9.17) is 0 Å². The monoisotopic (exact) mass is 360 g/mol. The van der Waals surface area contributed by atoms with Gasteiger partial charge in [-0.25, -0.2) is 4.39 Å². The summed E-state index contributed by atoms with van der Waals surface area (Å²) in [7, 11) is 1.69. The molecule has 0 aromatic heterocycles. The highest BCUT2D eigenvalue weighted by Crippen LogP contribution is 2.35. The van der Waals surface area contributed by atoms with E-state index in [1.807, 2.05) is 0 Å². The lowest BCUT2D eigenvalue weighted by atomic mass is 10.0. The fourth-order valence-electron chi connectivity index (χ4n) is 3.88. The van der Waals surface area contributed by atoms with Gasteiger partial charge in [-0.3, -0.25) is 14.5 Å². The molecule has 2 amide bonds. The average molecular weight is 360 g/mol. The highest BCUT2D eigenvalue weighted by molar-refractivity contribution is 6.35. The number of carbonyl (C=O) groups excluding carboxylic acids is 2. The summed E-state index contributed by atoms with van der Waals surface area (Å²) in [4.78, 5) is 29.4. The van der Waals surface area contributed by atoms with Gasteiger partial charge in [-0.15, -0.1) is 0 Å². The number of aliphatic hydroxyl groups is 1. The van der Waals surface area contributed by atoms with Gasteiger partial charge in [-0.1, -0.05) is 37.8 Å². The second-order valence-corrected chi connectivity index (χ2v) is 7.00. The van der Waals surface area contributed by atoms with Crippen molar-refractivity contribution >= 4 is 17.4 Å². The van der Waals surface area contributed by atoms with Gasteiger partial charge in [0.2, 0.25) is 0 Å². The summed E-state index contributed by atoms with van der Waals surface area (Å²) < 4.78 is 13.3. The summed E-state index contributed by atoms with van der Waals surface area (Å²) in [5.41, 5.74) is 1.12. The van der Waals surface area contributed by atoms with Gasteiger partial charge in [0.15, 0.2) is 0 Å². The van der Waals surface area contributed by atoms with Gasteiger partial charge in [-0.05, 0) is 30.5 Å². The molecule has 2 aliphatic rings. The molecule has 0 atom stereocenters. The van der Waals surface area contributed by atoms with E-state index in [-0.39, 0.29) is 31.0 Å². The number of hydrogen-bond donors (Lipinski definition) is 1. The lowest BCUT2D eigenvalue weighted by Gasteiger charge is -2.26. The van der Waals surface area contributed by atoms with Crippen molar-refractivity contribution in [2.75, 3.05) is 20.2 Å². The normalized spacial score (nSPS) is 19.3. The van der Waals surface area contributed by atoms with E-state index >= 15 is 0 Å². The molecule has 6 heteroatoms. The Morgan fingerprint density at radius 2 is 1.69 bits per heavy atom. The van der Waals surface area contributed by atoms with Crippen LogP contribution < -0.4 is 0 Å². The SMILES string of the molecule is CN(CCO)C1=C(c2ccc(F)cc2)C(=O)N(C2CCCCCC2)C1=O. The van der Waals surface area contributed by atoms with Crippen LogP contribution in [0.5, 0.6) is 0 Å². The van der Waals surface area contributed by atoms with Gasteiger partial charge in [0.25, 0.3) is 11.8 Å².